The fourth-order valence-electron chi connectivity index (χ4n) is 2.56. The van der Waals surface area contributed by atoms with Crippen LogP contribution in [0.25, 0.3) is 10.2 Å². The van der Waals surface area contributed by atoms with Crippen LogP contribution in [0.1, 0.15) is 23.2 Å². The van der Waals surface area contributed by atoms with Crippen molar-refractivity contribution in [3.8, 4) is 11.5 Å². The van der Waals surface area contributed by atoms with Gasteiger partial charge in [-0.25, -0.2) is 9.66 Å². The van der Waals surface area contributed by atoms with Crippen LogP contribution in [-0.2, 0) is 12.8 Å². The van der Waals surface area contributed by atoms with Crippen molar-refractivity contribution in [3.05, 3.63) is 50.9 Å². The van der Waals surface area contributed by atoms with Crippen LogP contribution in [0.2, 0.25) is 0 Å². The molecule has 7 heteroatoms. The number of hydrogen-bond acceptors (Lipinski definition) is 6. The molecule has 126 valence electrons. The summed E-state index contributed by atoms with van der Waals surface area (Å²) in [6.45, 7) is 2.05. The highest BCUT2D eigenvalue weighted by atomic mass is 32.1. The summed E-state index contributed by atoms with van der Waals surface area (Å²) >= 11 is 1.53. The first kappa shape index (κ1) is 16.3. The summed E-state index contributed by atoms with van der Waals surface area (Å²) in [4.78, 5) is 18.9. The molecule has 2 heterocycles. The maximum Gasteiger partial charge on any atom is 0.280 e. The van der Waals surface area contributed by atoms with Gasteiger partial charge in [0.15, 0.2) is 11.5 Å². The molecule has 2 aromatic heterocycles. The third kappa shape index (κ3) is 2.82. The number of nitrogen functional groups attached to an aromatic ring is 1. The van der Waals surface area contributed by atoms with Gasteiger partial charge in [0.25, 0.3) is 5.56 Å². The minimum Gasteiger partial charge on any atom is -0.493 e. The fourth-order valence-corrected chi connectivity index (χ4v) is 3.53. The number of rotatable bonds is 5. The number of nitrogens with zero attached hydrogens (tertiary/aromatic N) is 2. The van der Waals surface area contributed by atoms with Crippen LogP contribution in [0.3, 0.4) is 0 Å². The maximum absolute atomic E-state index is 12.5. The molecule has 0 aliphatic rings. The molecule has 0 saturated heterocycles. The van der Waals surface area contributed by atoms with Crippen LogP contribution in [-0.4, -0.2) is 23.9 Å². The molecule has 0 radical (unpaired) electrons. The van der Waals surface area contributed by atoms with Gasteiger partial charge in [-0.05, 0) is 30.2 Å². The lowest BCUT2D eigenvalue weighted by Crippen LogP contribution is -2.31. The predicted octanol–water partition coefficient (Wildman–Crippen LogP) is 2.34. The van der Waals surface area contributed by atoms with Gasteiger partial charge in [0.05, 0.1) is 19.6 Å². The van der Waals surface area contributed by atoms with E-state index < -0.39 is 0 Å². The minimum absolute atomic E-state index is 0.216. The number of methoxy groups -OCH3 is 2. The molecule has 0 amide bonds. The lowest BCUT2D eigenvalue weighted by molar-refractivity contribution is 0.354. The van der Waals surface area contributed by atoms with E-state index in [2.05, 4.69) is 11.9 Å². The normalized spacial score (nSPS) is 11.0. The third-order valence-electron chi connectivity index (χ3n) is 3.88. The van der Waals surface area contributed by atoms with Crippen molar-refractivity contribution >= 4 is 21.6 Å². The molecule has 24 heavy (non-hydrogen) atoms. The second kappa shape index (κ2) is 6.52. The largest absolute Gasteiger partial charge is 0.493 e. The zero-order chi connectivity index (χ0) is 17.3. The van der Waals surface area contributed by atoms with Crippen molar-refractivity contribution in [1.82, 2.24) is 9.66 Å². The van der Waals surface area contributed by atoms with E-state index in [1.807, 2.05) is 24.3 Å². The lowest BCUT2D eigenvalue weighted by atomic mass is 10.1. The van der Waals surface area contributed by atoms with Crippen molar-refractivity contribution < 1.29 is 9.47 Å². The standard InChI is InChI=1S/C17H19N3O3S/c1-4-11-9-12-16(24-11)19-15(20(18)17(12)21)8-10-5-6-13(22-2)14(7-10)23-3/h5-7,9H,4,8,18H2,1-3H3. The van der Waals surface area contributed by atoms with Crippen molar-refractivity contribution in [1.29, 1.82) is 0 Å². The zero-order valence-corrected chi connectivity index (χ0v) is 14.6. The summed E-state index contributed by atoms with van der Waals surface area (Å²) in [5.74, 6) is 7.77. The Bertz CT molecular complexity index is 946. The van der Waals surface area contributed by atoms with Gasteiger partial charge in [-0.1, -0.05) is 13.0 Å². The summed E-state index contributed by atoms with van der Waals surface area (Å²) in [6, 6.07) is 7.47. The Balaban J connectivity index is 2.04. The molecule has 1 aromatic carbocycles. The van der Waals surface area contributed by atoms with E-state index in [1.165, 1.54) is 11.3 Å². The van der Waals surface area contributed by atoms with Gasteiger partial charge in [-0.2, -0.15) is 0 Å². The summed E-state index contributed by atoms with van der Waals surface area (Å²) in [5.41, 5.74) is 0.719. The topological polar surface area (TPSA) is 79.4 Å². The Labute approximate surface area is 143 Å². The number of hydrogen-bond donors (Lipinski definition) is 1. The smallest absolute Gasteiger partial charge is 0.280 e. The molecular weight excluding hydrogens is 326 g/mol. The molecule has 0 bridgehead atoms. The molecule has 0 fully saturated rings. The number of aryl methyl sites for hydroxylation is 1. The fraction of sp³-hybridized carbons (Fsp3) is 0.294. The summed E-state index contributed by atoms with van der Waals surface area (Å²) in [7, 11) is 3.18. The second-order valence-electron chi connectivity index (χ2n) is 5.35. The van der Waals surface area contributed by atoms with Gasteiger partial charge in [-0.15, -0.1) is 11.3 Å². The van der Waals surface area contributed by atoms with Gasteiger partial charge >= 0.3 is 0 Å². The second-order valence-corrected chi connectivity index (χ2v) is 6.47. The zero-order valence-electron chi connectivity index (χ0n) is 13.8. The minimum atomic E-state index is -0.216. The first-order chi connectivity index (χ1) is 11.6. The van der Waals surface area contributed by atoms with Crippen LogP contribution in [0.4, 0.5) is 0 Å². The average molecular weight is 345 g/mol. The number of thiophene rings is 1. The predicted molar refractivity (Wildman–Crippen MR) is 95.8 cm³/mol. The summed E-state index contributed by atoms with van der Waals surface area (Å²) in [5, 5.41) is 0.579. The van der Waals surface area contributed by atoms with Crippen LogP contribution < -0.4 is 20.9 Å². The van der Waals surface area contributed by atoms with Crippen LogP contribution in [0.15, 0.2) is 29.1 Å². The van der Waals surface area contributed by atoms with E-state index in [0.717, 1.165) is 26.4 Å². The molecule has 0 atom stereocenters. The molecule has 6 nitrogen and oxygen atoms in total. The number of nitrogens with two attached hydrogens (primary N) is 1. The van der Waals surface area contributed by atoms with E-state index in [1.54, 1.807) is 14.2 Å². The number of aromatic nitrogens is 2. The molecule has 0 unspecified atom stereocenters. The van der Waals surface area contributed by atoms with Gasteiger partial charge in [0, 0.05) is 11.3 Å². The number of fused-ring (bicyclic) bond motifs is 1. The number of benzene rings is 1. The van der Waals surface area contributed by atoms with Crippen LogP contribution >= 0.6 is 11.3 Å². The average Bonchev–Trinajstić information content (AvgIpc) is 3.02. The molecule has 0 aliphatic carbocycles. The molecule has 0 spiro atoms. The van der Waals surface area contributed by atoms with E-state index in [0.29, 0.717) is 29.1 Å². The Morgan fingerprint density at radius 3 is 2.62 bits per heavy atom. The maximum atomic E-state index is 12.5. The monoisotopic (exact) mass is 345 g/mol. The van der Waals surface area contributed by atoms with Gasteiger partial charge in [0.2, 0.25) is 0 Å². The SMILES string of the molecule is CCc1cc2c(=O)n(N)c(Cc3ccc(OC)c(OC)c3)nc2s1. The van der Waals surface area contributed by atoms with E-state index in [4.69, 9.17) is 15.3 Å². The highest BCUT2D eigenvalue weighted by Crippen LogP contribution is 2.28. The lowest BCUT2D eigenvalue weighted by Gasteiger charge is -2.11. The van der Waals surface area contributed by atoms with Crippen molar-refractivity contribution in [3.63, 3.8) is 0 Å². The molecule has 3 aromatic rings. The Kier molecular flexibility index (Phi) is 4.44. The highest BCUT2D eigenvalue weighted by Gasteiger charge is 2.13. The number of ether oxygens (including phenoxy) is 2. The van der Waals surface area contributed by atoms with Crippen LogP contribution in [0.5, 0.6) is 11.5 Å². The van der Waals surface area contributed by atoms with E-state index in [9.17, 15) is 4.79 Å². The van der Waals surface area contributed by atoms with E-state index >= 15 is 0 Å². The van der Waals surface area contributed by atoms with Gasteiger partial charge < -0.3 is 15.3 Å². The molecule has 0 saturated carbocycles. The molecule has 3 rings (SSSR count). The molecule has 2 N–H and O–H groups in total. The van der Waals surface area contributed by atoms with Crippen molar-refractivity contribution in [2.24, 2.45) is 0 Å². The Hall–Kier alpha value is -2.54. The third-order valence-corrected chi connectivity index (χ3v) is 5.05. The first-order valence-electron chi connectivity index (χ1n) is 7.57. The summed E-state index contributed by atoms with van der Waals surface area (Å²) < 4.78 is 11.7. The summed E-state index contributed by atoms with van der Waals surface area (Å²) in [6.07, 6.45) is 1.30. The Morgan fingerprint density at radius 1 is 1.21 bits per heavy atom. The van der Waals surface area contributed by atoms with E-state index in [-0.39, 0.29) is 5.56 Å². The molecular formula is C17H19N3O3S. The van der Waals surface area contributed by atoms with Crippen molar-refractivity contribution in [2.75, 3.05) is 20.1 Å². The van der Waals surface area contributed by atoms with Gasteiger partial charge in [0.1, 0.15) is 10.7 Å². The first-order valence-corrected chi connectivity index (χ1v) is 8.39. The van der Waals surface area contributed by atoms with Crippen molar-refractivity contribution in [2.45, 2.75) is 19.8 Å². The Morgan fingerprint density at radius 2 is 1.96 bits per heavy atom. The van der Waals surface area contributed by atoms with Crippen LogP contribution in [0, 0.1) is 0 Å². The highest BCUT2D eigenvalue weighted by molar-refractivity contribution is 7.18. The molecule has 0 aliphatic heterocycles. The quantitative estimate of drug-likeness (QED) is 0.718. The van der Waals surface area contributed by atoms with Gasteiger partial charge in [-0.3, -0.25) is 4.79 Å².